The summed E-state index contributed by atoms with van der Waals surface area (Å²) in [5, 5.41) is 2.96. The van der Waals surface area contributed by atoms with Gasteiger partial charge in [-0.2, -0.15) is 0 Å². The van der Waals surface area contributed by atoms with Crippen LogP contribution in [0.3, 0.4) is 0 Å². The average molecular weight is 141 g/mol. The molecule has 58 valence electrons. The van der Waals surface area contributed by atoms with Crippen molar-refractivity contribution in [3.05, 3.63) is 0 Å². The monoisotopic (exact) mass is 141 g/mol. The van der Waals surface area contributed by atoms with Gasteiger partial charge in [0.2, 0.25) is 5.91 Å². The minimum absolute atomic E-state index is 0.214. The summed E-state index contributed by atoms with van der Waals surface area (Å²) in [6.07, 6.45) is 0.711. The van der Waals surface area contributed by atoms with Crippen LogP contribution in [-0.2, 0) is 4.79 Å². The second kappa shape index (κ2) is 2.60. The molecular formula is C8H15NO. The maximum absolute atomic E-state index is 10.9. The van der Waals surface area contributed by atoms with Crippen molar-refractivity contribution in [3.8, 4) is 0 Å². The first-order valence-corrected chi connectivity index (χ1v) is 3.90. The van der Waals surface area contributed by atoms with Crippen molar-refractivity contribution in [1.29, 1.82) is 0 Å². The molecule has 1 saturated heterocycles. The van der Waals surface area contributed by atoms with Crippen LogP contribution in [-0.4, -0.2) is 11.9 Å². The summed E-state index contributed by atoms with van der Waals surface area (Å²) in [5.74, 6) is 1.31. The topological polar surface area (TPSA) is 29.1 Å². The highest BCUT2D eigenvalue weighted by atomic mass is 16.2. The molecule has 0 radical (unpaired) electrons. The Morgan fingerprint density at radius 2 is 2.20 bits per heavy atom. The smallest absolute Gasteiger partial charge is 0.220 e. The summed E-state index contributed by atoms with van der Waals surface area (Å²) in [6, 6.07) is 0.410. The van der Waals surface area contributed by atoms with Crippen LogP contribution in [0.15, 0.2) is 0 Å². The van der Waals surface area contributed by atoms with Gasteiger partial charge in [-0.3, -0.25) is 4.79 Å². The predicted molar refractivity (Wildman–Crippen MR) is 40.5 cm³/mol. The zero-order valence-electron chi connectivity index (χ0n) is 6.85. The third kappa shape index (κ3) is 1.31. The van der Waals surface area contributed by atoms with Gasteiger partial charge in [-0.05, 0) is 11.8 Å². The van der Waals surface area contributed by atoms with Crippen LogP contribution in [0.4, 0.5) is 0 Å². The molecule has 1 rings (SSSR count). The fourth-order valence-corrected chi connectivity index (χ4v) is 1.63. The van der Waals surface area contributed by atoms with E-state index in [-0.39, 0.29) is 5.91 Å². The zero-order chi connectivity index (χ0) is 7.72. The lowest BCUT2D eigenvalue weighted by molar-refractivity contribution is -0.119. The molecule has 2 atom stereocenters. The van der Waals surface area contributed by atoms with E-state index in [1.807, 2.05) is 0 Å². The number of hydrogen-bond donors (Lipinski definition) is 1. The molecule has 0 saturated carbocycles. The van der Waals surface area contributed by atoms with Crippen LogP contribution in [0.2, 0.25) is 0 Å². The second-order valence-corrected chi connectivity index (χ2v) is 3.52. The molecule has 1 aliphatic heterocycles. The molecule has 0 aromatic carbocycles. The number of carbonyl (C=O) groups is 1. The van der Waals surface area contributed by atoms with Crippen molar-refractivity contribution in [2.45, 2.75) is 33.2 Å². The van der Waals surface area contributed by atoms with Crippen LogP contribution in [0.5, 0.6) is 0 Å². The van der Waals surface area contributed by atoms with E-state index in [4.69, 9.17) is 0 Å². The summed E-state index contributed by atoms with van der Waals surface area (Å²) >= 11 is 0. The Morgan fingerprint density at radius 3 is 2.40 bits per heavy atom. The van der Waals surface area contributed by atoms with Crippen LogP contribution >= 0.6 is 0 Å². The van der Waals surface area contributed by atoms with Crippen LogP contribution < -0.4 is 5.32 Å². The maximum Gasteiger partial charge on any atom is 0.220 e. The van der Waals surface area contributed by atoms with Crippen molar-refractivity contribution >= 4 is 5.91 Å². The SMILES string of the molecule is CC(C)[C@@H]1NC(=O)C[C@H]1C. The maximum atomic E-state index is 10.9. The van der Waals surface area contributed by atoms with Gasteiger partial charge in [0, 0.05) is 12.5 Å². The fourth-order valence-electron chi connectivity index (χ4n) is 1.63. The van der Waals surface area contributed by atoms with Gasteiger partial charge >= 0.3 is 0 Å². The lowest BCUT2D eigenvalue weighted by Crippen LogP contribution is -2.32. The van der Waals surface area contributed by atoms with Crippen molar-refractivity contribution in [2.75, 3.05) is 0 Å². The Kier molecular flexibility index (Phi) is 1.97. The first-order chi connectivity index (χ1) is 4.61. The summed E-state index contributed by atoms with van der Waals surface area (Å²) < 4.78 is 0. The molecule has 0 bridgehead atoms. The lowest BCUT2D eigenvalue weighted by Gasteiger charge is -2.18. The van der Waals surface area contributed by atoms with Gasteiger partial charge < -0.3 is 5.32 Å². The summed E-state index contributed by atoms with van der Waals surface area (Å²) in [5.41, 5.74) is 0. The van der Waals surface area contributed by atoms with Crippen molar-refractivity contribution < 1.29 is 4.79 Å². The Bertz CT molecular complexity index is 142. The number of rotatable bonds is 1. The third-order valence-electron chi connectivity index (χ3n) is 2.17. The van der Waals surface area contributed by atoms with E-state index >= 15 is 0 Å². The van der Waals surface area contributed by atoms with Gasteiger partial charge in [0.15, 0.2) is 0 Å². The number of amides is 1. The normalized spacial score (nSPS) is 33.0. The van der Waals surface area contributed by atoms with Crippen LogP contribution in [0.1, 0.15) is 27.2 Å². The van der Waals surface area contributed by atoms with Crippen molar-refractivity contribution in [2.24, 2.45) is 11.8 Å². The van der Waals surface area contributed by atoms with Gasteiger partial charge in [0.1, 0.15) is 0 Å². The lowest BCUT2D eigenvalue weighted by atomic mass is 9.94. The number of carbonyl (C=O) groups excluding carboxylic acids is 1. The first-order valence-electron chi connectivity index (χ1n) is 3.90. The molecule has 1 fully saturated rings. The Labute approximate surface area is 62.0 Å². The van der Waals surface area contributed by atoms with Gasteiger partial charge in [-0.15, -0.1) is 0 Å². The quantitative estimate of drug-likeness (QED) is 0.583. The minimum atomic E-state index is 0.214. The standard InChI is InChI=1S/C8H15NO/c1-5(2)8-6(3)4-7(10)9-8/h5-6,8H,4H2,1-3H3,(H,9,10)/t6-,8+/m1/s1. The molecule has 0 aromatic rings. The Hall–Kier alpha value is -0.530. The van der Waals surface area contributed by atoms with Gasteiger partial charge in [-0.1, -0.05) is 20.8 Å². The van der Waals surface area contributed by atoms with E-state index in [1.54, 1.807) is 0 Å². The van der Waals surface area contributed by atoms with E-state index in [0.717, 1.165) is 0 Å². The summed E-state index contributed by atoms with van der Waals surface area (Å²) in [6.45, 7) is 6.42. The molecular weight excluding hydrogens is 126 g/mol. The molecule has 2 heteroatoms. The first kappa shape index (κ1) is 7.58. The molecule has 10 heavy (non-hydrogen) atoms. The Morgan fingerprint density at radius 1 is 1.60 bits per heavy atom. The van der Waals surface area contributed by atoms with E-state index in [0.29, 0.717) is 24.3 Å². The van der Waals surface area contributed by atoms with Gasteiger partial charge in [0.25, 0.3) is 0 Å². The van der Waals surface area contributed by atoms with Crippen molar-refractivity contribution in [1.82, 2.24) is 5.32 Å². The predicted octanol–water partition coefficient (Wildman–Crippen LogP) is 1.17. The minimum Gasteiger partial charge on any atom is -0.353 e. The molecule has 1 amide bonds. The van der Waals surface area contributed by atoms with E-state index in [9.17, 15) is 4.79 Å². The molecule has 1 heterocycles. The van der Waals surface area contributed by atoms with E-state index in [2.05, 4.69) is 26.1 Å². The Balaban J connectivity index is 2.54. The summed E-state index contributed by atoms with van der Waals surface area (Å²) in [7, 11) is 0. The molecule has 2 nitrogen and oxygen atoms in total. The largest absolute Gasteiger partial charge is 0.353 e. The molecule has 0 unspecified atom stereocenters. The summed E-state index contributed by atoms with van der Waals surface area (Å²) in [4.78, 5) is 10.9. The van der Waals surface area contributed by atoms with E-state index < -0.39 is 0 Å². The average Bonchev–Trinajstić information content (AvgIpc) is 2.10. The van der Waals surface area contributed by atoms with Crippen LogP contribution in [0, 0.1) is 11.8 Å². The highest BCUT2D eigenvalue weighted by Crippen LogP contribution is 2.21. The number of hydrogen-bond acceptors (Lipinski definition) is 1. The fraction of sp³-hybridized carbons (Fsp3) is 0.875. The van der Waals surface area contributed by atoms with E-state index in [1.165, 1.54) is 0 Å². The second-order valence-electron chi connectivity index (χ2n) is 3.52. The van der Waals surface area contributed by atoms with Crippen molar-refractivity contribution in [3.63, 3.8) is 0 Å². The molecule has 1 aliphatic rings. The zero-order valence-corrected chi connectivity index (χ0v) is 6.85. The molecule has 1 N–H and O–H groups in total. The van der Waals surface area contributed by atoms with Gasteiger partial charge in [-0.25, -0.2) is 0 Å². The number of nitrogens with one attached hydrogen (secondary N) is 1. The third-order valence-corrected chi connectivity index (χ3v) is 2.17. The highest BCUT2D eigenvalue weighted by Gasteiger charge is 2.30. The molecule has 0 aliphatic carbocycles. The highest BCUT2D eigenvalue weighted by molar-refractivity contribution is 5.78. The molecule has 0 spiro atoms. The van der Waals surface area contributed by atoms with Gasteiger partial charge in [0.05, 0.1) is 0 Å². The molecule has 0 aromatic heterocycles. The van der Waals surface area contributed by atoms with Crippen LogP contribution in [0.25, 0.3) is 0 Å².